The number of aromatic nitrogens is 2. The quantitative estimate of drug-likeness (QED) is 0.502. The highest BCUT2D eigenvalue weighted by Gasteiger charge is 2.27. The summed E-state index contributed by atoms with van der Waals surface area (Å²) in [5.74, 6) is 0.392. The van der Waals surface area contributed by atoms with Gasteiger partial charge in [0.15, 0.2) is 0 Å². The van der Waals surface area contributed by atoms with Crippen LogP contribution in [0.25, 0.3) is 11.0 Å². The van der Waals surface area contributed by atoms with Crippen molar-refractivity contribution in [3.63, 3.8) is 0 Å². The van der Waals surface area contributed by atoms with E-state index in [9.17, 15) is 9.59 Å². The van der Waals surface area contributed by atoms with Crippen molar-refractivity contribution >= 4 is 34.1 Å². The van der Waals surface area contributed by atoms with E-state index in [1.165, 1.54) is 39.2 Å². The number of methoxy groups -OCH3 is 1. The molecule has 0 bridgehead atoms. The number of aromatic amines is 1. The summed E-state index contributed by atoms with van der Waals surface area (Å²) in [6.45, 7) is 2.31. The van der Waals surface area contributed by atoms with Gasteiger partial charge in [0.05, 0.1) is 35.4 Å². The molecule has 7 nitrogen and oxygen atoms in total. The number of fused-ring (bicyclic) bond motifs is 1. The Morgan fingerprint density at radius 1 is 1.06 bits per heavy atom. The van der Waals surface area contributed by atoms with E-state index in [1.54, 1.807) is 0 Å². The number of imidazole rings is 1. The summed E-state index contributed by atoms with van der Waals surface area (Å²) in [5.41, 5.74) is 4.80. The third-order valence-corrected chi connectivity index (χ3v) is 7.48. The first-order valence-electron chi connectivity index (χ1n) is 12.5. The summed E-state index contributed by atoms with van der Waals surface area (Å²) in [6.07, 6.45) is 7.73. The van der Waals surface area contributed by atoms with Gasteiger partial charge >= 0.3 is 11.7 Å². The van der Waals surface area contributed by atoms with Crippen molar-refractivity contribution in [3.8, 4) is 0 Å². The third kappa shape index (κ3) is 4.69. The van der Waals surface area contributed by atoms with Gasteiger partial charge in [-0.25, -0.2) is 4.79 Å². The predicted molar refractivity (Wildman–Crippen MR) is 136 cm³/mol. The van der Waals surface area contributed by atoms with E-state index in [1.807, 2.05) is 34.9 Å². The lowest BCUT2D eigenvalue weighted by molar-refractivity contribution is -0.146. The number of nitrogens with zero attached hydrogens (tertiary/aromatic N) is 2. The van der Waals surface area contributed by atoms with Crippen LogP contribution in [-0.2, 0) is 16.1 Å². The molecule has 0 amide bonds. The number of nitrogens with one attached hydrogen (secondary N) is 2. The lowest BCUT2D eigenvalue weighted by Gasteiger charge is -2.34. The molecule has 0 unspecified atom stereocenters. The van der Waals surface area contributed by atoms with Gasteiger partial charge in [-0.1, -0.05) is 37.5 Å². The zero-order chi connectivity index (χ0) is 23.5. The Morgan fingerprint density at radius 3 is 2.50 bits per heavy atom. The number of anilines is 3. The molecule has 5 rings (SSSR count). The summed E-state index contributed by atoms with van der Waals surface area (Å²) < 4.78 is 6.90. The van der Waals surface area contributed by atoms with E-state index >= 15 is 0 Å². The molecule has 0 atom stereocenters. The molecule has 7 heteroatoms. The van der Waals surface area contributed by atoms with Gasteiger partial charge in [-0.15, -0.1) is 0 Å². The molecule has 2 fully saturated rings. The Bertz CT molecular complexity index is 1190. The van der Waals surface area contributed by atoms with Crippen LogP contribution in [0, 0.1) is 11.8 Å². The number of rotatable bonds is 6. The number of H-pyrrole nitrogens is 1. The number of hydrogen-bond acceptors (Lipinski definition) is 5. The maximum atomic E-state index is 12.9. The Balaban J connectivity index is 1.50. The molecule has 1 saturated heterocycles. The molecule has 1 aromatic heterocycles. The van der Waals surface area contributed by atoms with E-state index in [0.29, 0.717) is 5.92 Å². The number of para-hydroxylation sites is 1. The molecule has 2 heterocycles. The van der Waals surface area contributed by atoms with E-state index in [4.69, 9.17) is 4.74 Å². The Kier molecular flexibility index (Phi) is 6.61. The molecule has 180 valence electrons. The van der Waals surface area contributed by atoms with Gasteiger partial charge in [0.25, 0.3) is 0 Å². The van der Waals surface area contributed by atoms with Crippen molar-refractivity contribution in [2.24, 2.45) is 11.8 Å². The van der Waals surface area contributed by atoms with Crippen LogP contribution in [0.5, 0.6) is 0 Å². The minimum Gasteiger partial charge on any atom is -0.469 e. The van der Waals surface area contributed by atoms with E-state index in [0.717, 1.165) is 60.6 Å². The molecule has 3 aromatic rings. The summed E-state index contributed by atoms with van der Waals surface area (Å²) >= 11 is 0. The molecule has 1 aliphatic heterocycles. The topological polar surface area (TPSA) is 79.4 Å². The van der Waals surface area contributed by atoms with Crippen molar-refractivity contribution in [1.29, 1.82) is 0 Å². The number of ether oxygens (including phenoxy) is 1. The van der Waals surface area contributed by atoms with Crippen LogP contribution >= 0.6 is 0 Å². The third-order valence-electron chi connectivity index (χ3n) is 7.48. The highest BCUT2D eigenvalue weighted by atomic mass is 16.5. The lowest BCUT2D eigenvalue weighted by Crippen LogP contribution is -2.37. The number of piperidine rings is 1. The monoisotopic (exact) mass is 462 g/mol. The standard InChI is InChI=1S/C27H34N4O3/c1-34-26(32)20-12-14-30(15-13-20)24-17-25-23(16-22(24)28-21-10-6-3-7-11-21)29-27(33)31(25)18-19-8-4-2-5-9-19/h3,6-7,10-11,16-17,19-20,28H,2,4-5,8-9,12-15,18H2,1H3,(H,29,33). The van der Waals surface area contributed by atoms with Crippen molar-refractivity contribution < 1.29 is 9.53 Å². The first-order valence-corrected chi connectivity index (χ1v) is 12.5. The Hall–Kier alpha value is -3.22. The van der Waals surface area contributed by atoms with Crippen LogP contribution in [0.15, 0.2) is 47.3 Å². The highest BCUT2D eigenvalue weighted by Crippen LogP contribution is 2.36. The van der Waals surface area contributed by atoms with Crippen LogP contribution in [0.1, 0.15) is 44.9 Å². The van der Waals surface area contributed by atoms with Gasteiger partial charge in [-0.05, 0) is 55.9 Å². The second-order valence-corrected chi connectivity index (χ2v) is 9.71. The minimum atomic E-state index is -0.121. The average Bonchev–Trinajstić information content (AvgIpc) is 3.18. The maximum absolute atomic E-state index is 12.9. The number of esters is 1. The summed E-state index contributed by atoms with van der Waals surface area (Å²) in [7, 11) is 1.46. The van der Waals surface area contributed by atoms with E-state index in [-0.39, 0.29) is 17.6 Å². The van der Waals surface area contributed by atoms with Crippen molar-refractivity contribution in [2.75, 3.05) is 30.4 Å². The first kappa shape index (κ1) is 22.6. The maximum Gasteiger partial charge on any atom is 0.326 e. The van der Waals surface area contributed by atoms with Crippen molar-refractivity contribution in [3.05, 3.63) is 52.9 Å². The van der Waals surface area contributed by atoms with Gasteiger partial charge in [-0.3, -0.25) is 9.36 Å². The largest absolute Gasteiger partial charge is 0.469 e. The summed E-state index contributed by atoms with van der Waals surface area (Å²) in [5, 5.41) is 3.55. The summed E-state index contributed by atoms with van der Waals surface area (Å²) in [4.78, 5) is 30.4. The van der Waals surface area contributed by atoms with Gasteiger partial charge in [-0.2, -0.15) is 0 Å². The van der Waals surface area contributed by atoms with Crippen LogP contribution in [0.2, 0.25) is 0 Å². The van der Waals surface area contributed by atoms with Crippen molar-refractivity contribution in [1.82, 2.24) is 9.55 Å². The minimum absolute atomic E-state index is 0.0345. The molecule has 0 radical (unpaired) electrons. The van der Waals surface area contributed by atoms with Gasteiger partial charge in [0.2, 0.25) is 0 Å². The Labute approximate surface area is 200 Å². The van der Waals surface area contributed by atoms with Gasteiger partial charge in [0, 0.05) is 25.3 Å². The first-order chi connectivity index (χ1) is 16.6. The summed E-state index contributed by atoms with van der Waals surface area (Å²) in [6, 6.07) is 14.3. The molecule has 0 spiro atoms. The number of hydrogen-bond donors (Lipinski definition) is 2. The molecule has 1 aliphatic carbocycles. The predicted octanol–water partition coefficient (Wildman–Crippen LogP) is 5.04. The van der Waals surface area contributed by atoms with Crippen LogP contribution in [0.3, 0.4) is 0 Å². The van der Waals surface area contributed by atoms with E-state index in [2.05, 4.69) is 27.3 Å². The molecule has 1 saturated carbocycles. The fourth-order valence-electron chi connectivity index (χ4n) is 5.56. The van der Waals surface area contributed by atoms with Crippen molar-refractivity contribution in [2.45, 2.75) is 51.5 Å². The smallest absolute Gasteiger partial charge is 0.326 e. The number of carbonyl (C=O) groups excluding carboxylic acids is 1. The molecule has 2 aliphatic rings. The fourth-order valence-corrected chi connectivity index (χ4v) is 5.56. The van der Waals surface area contributed by atoms with Crippen LogP contribution < -0.4 is 15.9 Å². The molecular weight excluding hydrogens is 428 g/mol. The van der Waals surface area contributed by atoms with Gasteiger partial charge in [0.1, 0.15) is 0 Å². The number of carbonyl (C=O) groups is 1. The lowest BCUT2D eigenvalue weighted by atomic mass is 9.89. The van der Waals surface area contributed by atoms with Crippen LogP contribution in [0.4, 0.5) is 17.1 Å². The zero-order valence-corrected chi connectivity index (χ0v) is 19.9. The zero-order valence-electron chi connectivity index (χ0n) is 19.9. The second-order valence-electron chi connectivity index (χ2n) is 9.71. The number of benzene rings is 2. The van der Waals surface area contributed by atoms with Gasteiger partial charge < -0.3 is 19.9 Å². The SMILES string of the molecule is COC(=O)C1CCN(c2cc3c(cc2Nc2ccccc2)[nH]c(=O)n3CC2CCCCC2)CC1. The average molecular weight is 463 g/mol. The molecule has 2 N–H and O–H groups in total. The molecule has 34 heavy (non-hydrogen) atoms. The highest BCUT2D eigenvalue weighted by molar-refractivity contribution is 5.90. The molecule has 2 aromatic carbocycles. The Morgan fingerprint density at radius 2 is 1.79 bits per heavy atom. The van der Waals surface area contributed by atoms with Crippen LogP contribution in [-0.4, -0.2) is 35.7 Å². The fraction of sp³-hybridized carbons (Fsp3) is 0.481. The normalized spacial score (nSPS) is 17.7. The molecular formula is C27H34N4O3. The second kappa shape index (κ2) is 9.95. The van der Waals surface area contributed by atoms with E-state index < -0.39 is 0 Å².